The van der Waals surface area contributed by atoms with Crippen molar-refractivity contribution in [1.29, 1.82) is 0 Å². The lowest BCUT2D eigenvalue weighted by atomic mass is 10.1. The third kappa shape index (κ3) is 5.22. The van der Waals surface area contributed by atoms with Crippen LogP contribution in [-0.4, -0.2) is 26.2 Å². The monoisotopic (exact) mass is 333 g/mol. The fourth-order valence-electron chi connectivity index (χ4n) is 2.13. The van der Waals surface area contributed by atoms with Gasteiger partial charge in [-0.2, -0.15) is 0 Å². The van der Waals surface area contributed by atoms with E-state index in [1.165, 1.54) is 6.07 Å². The third-order valence-electron chi connectivity index (χ3n) is 3.43. The van der Waals surface area contributed by atoms with E-state index in [9.17, 15) is 8.78 Å². The molecule has 0 bridgehead atoms. The first-order valence-electron chi connectivity index (χ1n) is 7.70. The largest absolute Gasteiger partial charge is 0.492 e. The summed E-state index contributed by atoms with van der Waals surface area (Å²) in [6.07, 6.45) is 0. The molecule has 4 nitrogen and oxygen atoms in total. The van der Waals surface area contributed by atoms with Crippen molar-refractivity contribution in [3.8, 4) is 5.75 Å². The van der Waals surface area contributed by atoms with E-state index < -0.39 is 11.6 Å². The first-order valence-corrected chi connectivity index (χ1v) is 7.70. The van der Waals surface area contributed by atoms with Crippen LogP contribution in [0.4, 0.5) is 8.78 Å². The second-order valence-corrected chi connectivity index (χ2v) is 5.20. The number of benzene rings is 2. The molecule has 128 valence electrons. The molecular weight excluding hydrogens is 312 g/mol. The summed E-state index contributed by atoms with van der Waals surface area (Å²) in [4.78, 5) is 4.15. The molecule has 0 heterocycles. The molecule has 0 fully saturated rings. The topological polar surface area (TPSA) is 45.7 Å². The zero-order valence-electron chi connectivity index (χ0n) is 13.7. The van der Waals surface area contributed by atoms with Crippen molar-refractivity contribution in [3.63, 3.8) is 0 Å². The van der Waals surface area contributed by atoms with Crippen LogP contribution < -0.4 is 15.4 Å². The molecule has 0 saturated heterocycles. The number of guanidine groups is 1. The van der Waals surface area contributed by atoms with E-state index in [4.69, 9.17) is 4.74 Å². The Kier molecular flexibility index (Phi) is 6.54. The minimum Gasteiger partial charge on any atom is -0.492 e. The second kappa shape index (κ2) is 8.86. The van der Waals surface area contributed by atoms with Crippen molar-refractivity contribution >= 4 is 5.96 Å². The highest BCUT2D eigenvalue weighted by Crippen LogP contribution is 2.15. The van der Waals surface area contributed by atoms with Crippen molar-refractivity contribution in [1.82, 2.24) is 10.6 Å². The molecule has 2 aromatic carbocycles. The molecule has 6 heteroatoms. The number of nitrogens with zero attached hydrogens (tertiary/aromatic N) is 1. The van der Waals surface area contributed by atoms with E-state index in [2.05, 4.69) is 15.6 Å². The Hall–Kier alpha value is -2.63. The Balaban J connectivity index is 1.76. The normalized spacial score (nSPS) is 12.6. The van der Waals surface area contributed by atoms with Gasteiger partial charge in [-0.3, -0.25) is 4.99 Å². The summed E-state index contributed by atoms with van der Waals surface area (Å²) in [5, 5.41) is 6.38. The van der Waals surface area contributed by atoms with E-state index in [1.807, 2.05) is 37.3 Å². The molecule has 1 unspecified atom stereocenters. The highest BCUT2D eigenvalue weighted by Gasteiger charge is 2.07. The number of hydrogen-bond acceptors (Lipinski definition) is 2. The average molecular weight is 333 g/mol. The SMILES string of the molecule is CN=C(NCCOc1ccc(F)c(F)c1)NC(C)c1ccccc1. The molecule has 0 aliphatic heterocycles. The van der Waals surface area contributed by atoms with Gasteiger partial charge in [0.15, 0.2) is 17.6 Å². The van der Waals surface area contributed by atoms with Gasteiger partial charge in [0.05, 0.1) is 12.6 Å². The van der Waals surface area contributed by atoms with E-state index in [1.54, 1.807) is 7.05 Å². The Morgan fingerprint density at radius 1 is 1.12 bits per heavy atom. The lowest BCUT2D eigenvalue weighted by molar-refractivity contribution is 0.318. The van der Waals surface area contributed by atoms with Crippen LogP contribution in [0, 0.1) is 11.6 Å². The third-order valence-corrected chi connectivity index (χ3v) is 3.43. The summed E-state index contributed by atoms with van der Waals surface area (Å²) in [6, 6.07) is 13.6. The van der Waals surface area contributed by atoms with Crippen LogP contribution in [0.25, 0.3) is 0 Å². The summed E-state index contributed by atoms with van der Waals surface area (Å²) >= 11 is 0. The summed E-state index contributed by atoms with van der Waals surface area (Å²) in [5.41, 5.74) is 1.15. The Morgan fingerprint density at radius 3 is 2.54 bits per heavy atom. The number of halogens is 2. The van der Waals surface area contributed by atoms with Gasteiger partial charge in [0.1, 0.15) is 12.4 Å². The zero-order valence-corrected chi connectivity index (χ0v) is 13.7. The lowest BCUT2D eigenvalue weighted by Gasteiger charge is -2.18. The fourth-order valence-corrected chi connectivity index (χ4v) is 2.13. The summed E-state index contributed by atoms with van der Waals surface area (Å²) < 4.78 is 31.3. The maximum absolute atomic E-state index is 13.1. The van der Waals surface area contributed by atoms with E-state index in [-0.39, 0.29) is 11.8 Å². The van der Waals surface area contributed by atoms with Gasteiger partial charge in [-0.25, -0.2) is 8.78 Å². The quantitative estimate of drug-likeness (QED) is 0.484. The lowest BCUT2D eigenvalue weighted by Crippen LogP contribution is -2.40. The molecule has 0 aliphatic rings. The molecule has 2 rings (SSSR count). The zero-order chi connectivity index (χ0) is 17.4. The number of hydrogen-bond donors (Lipinski definition) is 2. The molecule has 1 atom stereocenters. The van der Waals surface area contributed by atoms with Crippen molar-refractivity contribution in [2.24, 2.45) is 4.99 Å². The first-order chi connectivity index (χ1) is 11.6. The number of ether oxygens (including phenoxy) is 1. The van der Waals surface area contributed by atoms with Crippen molar-refractivity contribution in [2.45, 2.75) is 13.0 Å². The molecular formula is C18H21F2N3O. The highest BCUT2D eigenvalue weighted by atomic mass is 19.2. The van der Waals surface area contributed by atoms with Gasteiger partial charge in [0, 0.05) is 13.1 Å². The number of aliphatic imine (C=N–C) groups is 1. The van der Waals surface area contributed by atoms with E-state index in [0.717, 1.165) is 17.7 Å². The van der Waals surface area contributed by atoms with Gasteiger partial charge in [-0.15, -0.1) is 0 Å². The van der Waals surface area contributed by atoms with Crippen LogP contribution in [0.15, 0.2) is 53.5 Å². The van der Waals surface area contributed by atoms with Crippen LogP contribution >= 0.6 is 0 Å². The van der Waals surface area contributed by atoms with Gasteiger partial charge in [-0.05, 0) is 24.6 Å². The van der Waals surface area contributed by atoms with Gasteiger partial charge in [-0.1, -0.05) is 30.3 Å². The predicted octanol–water partition coefficient (Wildman–Crippen LogP) is 3.27. The van der Waals surface area contributed by atoms with Crippen LogP contribution in [0.1, 0.15) is 18.5 Å². The first kappa shape index (κ1) is 17.7. The molecule has 0 radical (unpaired) electrons. The Bertz CT molecular complexity index is 677. The smallest absolute Gasteiger partial charge is 0.191 e. The van der Waals surface area contributed by atoms with Gasteiger partial charge in [0.25, 0.3) is 0 Å². The number of nitrogens with one attached hydrogen (secondary N) is 2. The standard InChI is InChI=1S/C18H21F2N3O/c1-13(14-6-4-3-5-7-14)23-18(21-2)22-10-11-24-15-8-9-16(19)17(20)12-15/h3-9,12-13H,10-11H2,1-2H3,(H2,21,22,23). The maximum atomic E-state index is 13.1. The minimum absolute atomic E-state index is 0.101. The fraction of sp³-hybridized carbons (Fsp3) is 0.278. The molecule has 0 amide bonds. The highest BCUT2D eigenvalue weighted by molar-refractivity contribution is 5.80. The van der Waals surface area contributed by atoms with Crippen molar-refractivity contribution in [3.05, 3.63) is 65.7 Å². The van der Waals surface area contributed by atoms with Crippen LogP contribution in [0.5, 0.6) is 5.75 Å². The van der Waals surface area contributed by atoms with E-state index in [0.29, 0.717) is 19.1 Å². The van der Waals surface area contributed by atoms with Gasteiger partial charge in [0.2, 0.25) is 0 Å². The Morgan fingerprint density at radius 2 is 1.88 bits per heavy atom. The molecule has 2 N–H and O–H groups in total. The average Bonchev–Trinajstić information content (AvgIpc) is 2.61. The number of rotatable bonds is 6. The predicted molar refractivity (Wildman–Crippen MR) is 91.2 cm³/mol. The molecule has 0 saturated carbocycles. The van der Waals surface area contributed by atoms with Crippen LogP contribution in [-0.2, 0) is 0 Å². The molecule has 2 aromatic rings. The molecule has 24 heavy (non-hydrogen) atoms. The van der Waals surface area contributed by atoms with E-state index >= 15 is 0 Å². The molecule has 0 aliphatic carbocycles. The van der Waals surface area contributed by atoms with Gasteiger partial charge < -0.3 is 15.4 Å². The molecule has 0 aromatic heterocycles. The summed E-state index contributed by atoms with van der Waals surface area (Å²) in [6.45, 7) is 2.81. The van der Waals surface area contributed by atoms with Crippen molar-refractivity contribution < 1.29 is 13.5 Å². The van der Waals surface area contributed by atoms with Crippen LogP contribution in [0.2, 0.25) is 0 Å². The minimum atomic E-state index is -0.922. The maximum Gasteiger partial charge on any atom is 0.191 e. The second-order valence-electron chi connectivity index (χ2n) is 5.20. The summed E-state index contributed by atoms with van der Waals surface area (Å²) in [7, 11) is 1.68. The van der Waals surface area contributed by atoms with Gasteiger partial charge >= 0.3 is 0 Å². The van der Waals surface area contributed by atoms with Crippen molar-refractivity contribution in [2.75, 3.05) is 20.2 Å². The Labute approximate surface area is 140 Å². The summed E-state index contributed by atoms with van der Waals surface area (Å²) in [5.74, 6) is -0.883. The van der Waals surface area contributed by atoms with Crippen LogP contribution in [0.3, 0.4) is 0 Å². The molecule has 0 spiro atoms.